The number of hydrogen-bond acceptors (Lipinski definition) is 3. The Bertz CT molecular complexity index is 2220. The summed E-state index contributed by atoms with van der Waals surface area (Å²) in [5.74, 6) is 2.02. The zero-order valence-electron chi connectivity index (χ0n) is 26.0. The van der Waals surface area contributed by atoms with Crippen LogP contribution < -0.4 is 5.32 Å². The van der Waals surface area contributed by atoms with Crippen molar-refractivity contribution >= 4 is 34.2 Å². The maximum absolute atomic E-state index is 5.08. The number of nitrogens with one attached hydrogen (secondary N) is 1. The number of nitrogens with zero attached hydrogens (tertiary/aromatic N) is 3. The first-order valence-electron chi connectivity index (χ1n) is 16.1. The molecule has 1 N–H and O–H groups in total. The third-order valence-corrected chi connectivity index (χ3v) is 10.2. The van der Waals surface area contributed by atoms with Crippen LogP contribution in [0.25, 0.3) is 28.2 Å². The van der Waals surface area contributed by atoms with Gasteiger partial charge in [0.15, 0.2) is 5.84 Å². The van der Waals surface area contributed by atoms with Crippen molar-refractivity contribution in [1.82, 2.24) is 9.88 Å². The molecule has 0 saturated carbocycles. The number of para-hydroxylation sites is 1. The summed E-state index contributed by atoms with van der Waals surface area (Å²) in [6.45, 7) is 4.83. The smallest absolute Gasteiger partial charge is 0.159 e. The lowest BCUT2D eigenvalue weighted by Crippen LogP contribution is -2.33. The molecule has 2 unspecified atom stereocenters. The third-order valence-electron chi connectivity index (χ3n) is 10.2. The molecule has 0 fully saturated rings. The van der Waals surface area contributed by atoms with Crippen molar-refractivity contribution in [2.75, 3.05) is 0 Å². The van der Waals surface area contributed by atoms with Crippen LogP contribution in [-0.4, -0.2) is 16.2 Å². The van der Waals surface area contributed by atoms with Crippen molar-refractivity contribution in [3.05, 3.63) is 173 Å². The number of hydrogen-bond donors (Lipinski definition) is 1. The lowest BCUT2D eigenvalue weighted by molar-refractivity contribution is 0.410. The topological polar surface area (TPSA) is 41.7 Å². The number of allylic oxidation sites excluding steroid dienone is 1. The van der Waals surface area contributed by atoms with Crippen molar-refractivity contribution in [1.29, 1.82) is 0 Å². The molecule has 0 radical (unpaired) electrons. The minimum Gasteiger partial charge on any atom is -0.344 e. The summed E-state index contributed by atoms with van der Waals surface area (Å²) in [5, 5.41) is 4.90. The largest absolute Gasteiger partial charge is 0.344 e. The van der Waals surface area contributed by atoms with E-state index >= 15 is 0 Å². The molecular formula is C42H34N4. The van der Waals surface area contributed by atoms with Crippen LogP contribution in [0.1, 0.15) is 59.1 Å². The highest BCUT2D eigenvalue weighted by Crippen LogP contribution is 2.55. The number of aliphatic imine (C=N–C) groups is 2. The Morgan fingerprint density at radius 2 is 1.41 bits per heavy atom. The molecule has 6 aromatic rings. The molecule has 9 rings (SSSR count). The Kier molecular flexibility index (Phi) is 6.01. The Morgan fingerprint density at radius 1 is 0.717 bits per heavy atom. The second-order valence-corrected chi connectivity index (χ2v) is 13.1. The van der Waals surface area contributed by atoms with Gasteiger partial charge in [-0.05, 0) is 82.0 Å². The molecule has 46 heavy (non-hydrogen) atoms. The van der Waals surface area contributed by atoms with E-state index in [4.69, 9.17) is 9.98 Å². The number of benzene rings is 5. The predicted molar refractivity (Wildman–Crippen MR) is 190 cm³/mol. The fourth-order valence-electron chi connectivity index (χ4n) is 7.81. The van der Waals surface area contributed by atoms with Crippen LogP contribution >= 0.6 is 0 Å². The van der Waals surface area contributed by atoms with Gasteiger partial charge in [-0.1, -0.05) is 117 Å². The SMILES string of the molecule is CC1(C)c2ccccc2C2=Cc3c(c4ccccc4n3-c3ccc(C4=NC(c5ccccc5)NC(c5ccccc5)=N4)cc3)CC21. The summed E-state index contributed by atoms with van der Waals surface area (Å²) in [4.78, 5) is 10.1. The molecule has 2 atom stereocenters. The van der Waals surface area contributed by atoms with E-state index in [0.29, 0.717) is 5.92 Å². The fraction of sp³-hybridized carbons (Fsp3) is 0.143. The molecule has 0 spiro atoms. The summed E-state index contributed by atoms with van der Waals surface area (Å²) in [7, 11) is 0. The summed E-state index contributed by atoms with van der Waals surface area (Å²) in [6, 6.07) is 47.3. The Morgan fingerprint density at radius 3 is 2.22 bits per heavy atom. The first-order valence-corrected chi connectivity index (χ1v) is 16.1. The van der Waals surface area contributed by atoms with Gasteiger partial charge in [0.1, 0.15) is 12.0 Å². The number of rotatable bonds is 4. The summed E-state index contributed by atoms with van der Waals surface area (Å²) in [6.07, 6.45) is 3.29. The van der Waals surface area contributed by atoms with Crippen molar-refractivity contribution in [2.24, 2.45) is 15.9 Å². The van der Waals surface area contributed by atoms with Crippen LogP contribution in [0.3, 0.4) is 0 Å². The molecule has 1 aromatic heterocycles. The van der Waals surface area contributed by atoms with E-state index in [-0.39, 0.29) is 11.6 Å². The summed E-state index contributed by atoms with van der Waals surface area (Å²) in [5.41, 5.74) is 12.7. The van der Waals surface area contributed by atoms with E-state index in [1.807, 2.05) is 24.3 Å². The van der Waals surface area contributed by atoms with Crippen LogP contribution in [-0.2, 0) is 11.8 Å². The van der Waals surface area contributed by atoms with Crippen molar-refractivity contribution in [2.45, 2.75) is 31.8 Å². The molecule has 222 valence electrons. The average molecular weight is 595 g/mol. The highest BCUT2D eigenvalue weighted by atomic mass is 15.2. The number of aromatic nitrogens is 1. The maximum atomic E-state index is 5.08. The minimum atomic E-state index is -0.220. The number of amidine groups is 2. The number of fused-ring (bicyclic) bond motifs is 6. The van der Waals surface area contributed by atoms with Gasteiger partial charge in [-0.2, -0.15) is 0 Å². The van der Waals surface area contributed by atoms with Gasteiger partial charge in [-0.3, -0.25) is 0 Å². The molecule has 3 aliphatic rings. The minimum absolute atomic E-state index is 0.0945. The molecule has 0 bridgehead atoms. The Labute approximate surface area is 269 Å². The summed E-state index contributed by atoms with van der Waals surface area (Å²) >= 11 is 0. The molecular weight excluding hydrogens is 560 g/mol. The molecule has 5 aromatic carbocycles. The van der Waals surface area contributed by atoms with E-state index in [9.17, 15) is 0 Å². The zero-order chi connectivity index (χ0) is 30.8. The van der Waals surface area contributed by atoms with E-state index in [2.05, 4.69) is 139 Å². The van der Waals surface area contributed by atoms with E-state index in [1.54, 1.807) is 0 Å². The molecule has 4 heteroatoms. The Hall–Kier alpha value is -5.48. The first kappa shape index (κ1) is 26.9. The van der Waals surface area contributed by atoms with Gasteiger partial charge in [0.25, 0.3) is 0 Å². The summed E-state index contributed by atoms with van der Waals surface area (Å²) < 4.78 is 2.45. The van der Waals surface area contributed by atoms with Crippen molar-refractivity contribution in [3.63, 3.8) is 0 Å². The van der Waals surface area contributed by atoms with Gasteiger partial charge in [-0.25, -0.2) is 9.98 Å². The molecule has 4 nitrogen and oxygen atoms in total. The quantitative estimate of drug-likeness (QED) is 0.217. The Balaban J connectivity index is 1.15. The van der Waals surface area contributed by atoms with E-state index in [1.165, 1.54) is 38.9 Å². The normalized spacial score (nSPS) is 19.3. The molecule has 1 aliphatic heterocycles. The lowest BCUT2D eigenvalue weighted by atomic mass is 9.72. The molecule has 2 aliphatic carbocycles. The molecule has 2 heterocycles. The van der Waals surface area contributed by atoms with Gasteiger partial charge >= 0.3 is 0 Å². The standard InChI is InChI=1S/C42H34N4/c1-42(2)35-19-11-9-17-31(35)33-26-38-34(25-36(33)42)32-18-10-12-20-37(32)46(38)30-23-21-29(22-24-30)41-44-39(27-13-5-3-6-14-27)43-40(45-41)28-15-7-4-8-16-28/h3-24,26,36,39H,25H2,1-2H3,(H,43,44,45). The maximum Gasteiger partial charge on any atom is 0.159 e. The molecule has 0 amide bonds. The van der Waals surface area contributed by atoms with E-state index < -0.39 is 0 Å². The average Bonchev–Trinajstić information content (AvgIpc) is 3.56. The van der Waals surface area contributed by atoms with Gasteiger partial charge in [0.2, 0.25) is 0 Å². The monoisotopic (exact) mass is 594 g/mol. The van der Waals surface area contributed by atoms with Crippen molar-refractivity contribution < 1.29 is 0 Å². The van der Waals surface area contributed by atoms with Gasteiger partial charge < -0.3 is 9.88 Å². The fourth-order valence-corrected chi connectivity index (χ4v) is 7.81. The van der Waals surface area contributed by atoms with Crippen LogP contribution in [0.5, 0.6) is 0 Å². The highest BCUT2D eigenvalue weighted by molar-refractivity contribution is 6.13. The van der Waals surface area contributed by atoms with Crippen LogP contribution in [0.4, 0.5) is 0 Å². The second kappa shape index (κ2) is 10.3. The zero-order valence-corrected chi connectivity index (χ0v) is 26.0. The lowest BCUT2D eigenvalue weighted by Gasteiger charge is -2.31. The van der Waals surface area contributed by atoms with Gasteiger partial charge in [0, 0.05) is 22.2 Å². The van der Waals surface area contributed by atoms with Crippen LogP contribution in [0.2, 0.25) is 0 Å². The van der Waals surface area contributed by atoms with Gasteiger partial charge in [0.05, 0.1) is 11.2 Å². The first-order chi connectivity index (χ1) is 22.6. The highest BCUT2D eigenvalue weighted by Gasteiger charge is 2.45. The van der Waals surface area contributed by atoms with Gasteiger partial charge in [-0.15, -0.1) is 0 Å². The third kappa shape index (κ3) is 4.13. The predicted octanol–water partition coefficient (Wildman–Crippen LogP) is 9.13. The van der Waals surface area contributed by atoms with Crippen LogP contribution in [0.15, 0.2) is 143 Å². The van der Waals surface area contributed by atoms with Crippen molar-refractivity contribution in [3.8, 4) is 5.69 Å². The second-order valence-electron chi connectivity index (χ2n) is 13.1. The van der Waals surface area contributed by atoms with E-state index in [0.717, 1.165) is 40.5 Å². The molecule has 0 saturated heterocycles. The van der Waals surface area contributed by atoms with Crippen LogP contribution in [0, 0.1) is 5.92 Å².